The minimum Gasteiger partial charge on any atom is -0.497 e. The molecule has 0 spiro atoms. The highest BCUT2D eigenvalue weighted by Crippen LogP contribution is 2.24. The zero-order chi connectivity index (χ0) is 20.8. The minimum absolute atomic E-state index is 0.0519. The van der Waals surface area contributed by atoms with Crippen molar-refractivity contribution >= 4 is 11.0 Å². The van der Waals surface area contributed by atoms with Gasteiger partial charge in [0, 0.05) is 32.2 Å². The summed E-state index contributed by atoms with van der Waals surface area (Å²) in [4.78, 5) is 15.4. The fraction of sp³-hybridized carbons (Fsp3) is 0.375. The average molecular weight is 408 g/mol. The topological polar surface area (TPSA) is 63.9 Å². The third kappa shape index (κ3) is 4.83. The number of rotatable bonds is 8. The fourth-order valence-electron chi connectivity index (χ4n) is 3.73. The van der Waals surface area contributed by atoms with Crippen LogP contribution in [-0.4, -0.2) is 51.3 Å². The molecule has 0 atom stereocenters. The summed E-state index contributed by atoms with van der Waals surface area (Å²) in [5.41, 5.74) is 1.82. The van der Waals surface area contributed by atoms with Gasteiger partial charge in [-0.2, -0.15) is 0 Å². The summed E-state index contributed by atoms with van der Waals surface area (Å²) in [6.07, 6.45) is 3.64. The van der Waals surface area contributed by atoms with Gasteiger partial charge in [-0.05, 0) is 49.2 Å². The van der Waals surface area contributed by atoms with Gasteiger partial charge in [0.15, 0.2) is 5.43 Å². The normalized spacial score (nSPS) is 14.7. The van der Waals surface area contributed by atoms with Crippen LogP contribution in [0.5, 0.6) is 11.5 Å². The van der Waals surface area contributed by atoms with E-state index in [0.717, 1.165) is 62.6 Å². The summed E-state index contributed by atoms with van der Waals surface area (Å²) in [7, 11) is 1.62. The first kappa shape index (κ1) is 20.4. The van der Waals surface area contributed by atoms with Gasteiger partial charge >= 0.3 is 0 Å². The first-order chi connectivity index (χ1) is 14.7. The summed E-state index contributed by atoms with van der Waals surface area (Å²) in [6, 6.07) is 12.8. The molecule has 0 saturated carbocycles. The first-order valence-electron chi connectivity index (χ1n) is 10.5. The van der Waals surface area contributed by atoms with Crippen molar-refractivity contribution in [2.75, 3.05) is 46.4 Å². The molecule has 1 N–H and O–H groups in total. The van der Waals surface area contributed by atoms with Gasteiger partial charge in [0.25, 0.3) is 0 Å². The Labute approximate surface area is 176 Å². The lowest BCUT2D eigenvalue weighted by atomic mass is 10.1. The number of fused-ring (bicyclic) bond motifs is 1. The van der Waals surface area contributed by atoms with Crippen molar-refractivity contribution in [2.24, 2.45) is 0 Å². The number of piperazine rings is 1. The summed E-state index contributed by atoms with van der Waals surface area (Å²) in [5, 5.41) is 3.92. The first-order valence-corrected chi connectivity index (χ1v) is 10.5. The Kier molecular flexibility index (Phi) is 6.67. The van der Waals surface area contributed by atoms with Crippen LogP contribution in [0.15, 0.2) is 57.9 Å². The molecule has 0 aliphatic carbocycles. The molecule has 158 valence electrons. The standard InChI is InChI=1S/C24H28N2O4/c1-28-19-6-4-18(5-7-19)22-17-30-23-16-20(8-9-21(23)24(22)27)29-15-3-2-12-26-13-10-25-11-14-26/h4-9,16-17,25H,2-3,10-15H2,1H3. The number of ether oxygens (including phenoxy) is 2. The van der Waals surface area contributed by atoms with Crippen molar-refractivity contribution in [1.82, 2.24) is 10.2 Å². The van der Waals surface area contributed by atoms with E-state index in [2.05, 4.69) is 10.2 Å². The molecule has 1 aromatic heterocycles. The lowest BCUT2D eigenvalue weighted by Crippen LogP contribution is -2.43. The number of methoxy groups -OCH3 is 1. The Morgan fingerprint density at radius 1 is 1.03 bits per heavy atom. The highest BCUT2D eigenvalue weighted by molar-refractivity contribution is 5.82. The number of nitrogens with zero attached hydrogens (tertiary/aromatic N) is 1. The van der Waals surface area contributed by atoms with E-state index >= 15 is 0 Å². The molecule has 1 aliphatic heterocycles. The third-order valence-electron chi connectivity index (χ3n) is 5.49. The van der Waals surface area contributed by atoms with E-state index in [1.807, 2.05) is 30.3 Å². The molecular formula is C24H28N2O4. The lowest BCUT2D eigenvalue weighted by molar-refractivity contribution is 0.226. The molecule has 1 aliphatic rings. The van der Waals surface area contributed by atoms with Crippen LogP contribution < -0.4 is 20.2 Å². The van der Waals surface area contributed by atoms with Crippen LogP contribution in [0, 0.1) is 0 Å². The largest absolute Gasteiger partial charge is 0.497 e. The maximum atomic E-state index is 12.9. The average Bonchev–Trinajstić information content (AvgIpc) is 2.80. The summed E-state index contributed by atoms with van der Waals surface area (Å²) < 4.78 is 16.8. The monoisotopic (exact) mass is 408 g/mol. The van der Waals surface area contributed by atoms with Gasteiger partial charge in [0.2, 0.25) is 0 Å². The molecule has 6 nitrogen and oxygen atoms in total. The van der Waals surface area contributed by atoms with Crippen LogP contribution in [0.1, 0.15) is 12.8 Å². The summed E-state index contributed by atoms with van der Waals surface area (Å²) >= 11 is 0. The Bertz CT molecular complexity index is 1020. The molecular weight excluding hydrogens is 380 g/mol. The number of benzene rings is 2. The molecule has 3 aromatic rings. The van der Waals surface area contributed by atoms with Gasteiger partial charge in [0.1, 0.15) is 23.3 Å². The molecule has 30 heavy (non-hydrogen) atoms. The van der Waals surface area contributed by atoms with Gasteiger partial charge in [0.05, 0.1) is 24.7 Å². The van der Waals surface area contributed by atoms with Crippen LogP contribution in [0.2, 0.25) is 0 Å². The minimum atomic E-state index is -0.0519. The Hall–Kier alpha value is -2.83. The maximum absolute atomic E-state index is 12.9. The van der Waals surface area contributed by atoms with Crippen LogP contribution in [0.4, 0.5) is 0 Å². The molecule has 2 aromatic carbocycles. The molecule has 0 radical (unpaired) electrons. The second-order valence-corrected chi connectivity index (χ2v) is 7.51. The quantitative estimate of drug-likeness (QED) is 0.576. The fourth-order valence-corrected chi connectivity index (χ4v) is 3.73. The molecule has 1 fully saturated rings. The van der Waals surface area contributed by atoms with Crippen LogP contribution in [0.25, 0.3) is 22.1 Å². The van der Waals surface area contributed by atoms with Crippen LogP contribution >= 0.6 is 0 Å². The van der Waals surface area contributed by atoms with E-state index in [1.165, 1.54) is 6.26 Å². The molecule has 4 rings (SSSR count). The van der Waals surface area contributed by atoms with Gasteiger partial charge in [-0.3, -0.25) is 4.79 Å². The van der Waals surface area contributed by atoms with Crippen molar-refractivity contribution in [2.45, 2.75) is 12.8 Å². The number of hydrogen-bond acceptors (Lipinski definition) is 6. The van der Waals surface area contributed by atoms with Crippen molar-refractivity contribution in [3.05, 3.63) is 59.0 Å². The molecule has 0 bridgehead atoms. The molecule has 6 heteroatoms. The van der Waals surface area contributed by atoms with E-state index in [0.29, 0.717) is 23.1 Å². The van der Waals surface area contributed by atoms with E-state index in [4.69, 9.17) is 13.9 Å². The molecule has 0 amide bonds. The van der Waals surface area contributed by atoms with Gasteiger partial charge in [-0.1, -0.05) is 12.1 Å². The van der Waals surface area contributed by atoms with Crippen LogP contribution in [-0.2, 0) is 0 Å². The third-order valence-corrected chi connectivity index (χ3v) is 5.49. The van der Waals surface area contributed by atoms with Gasteiger partial charge in [-0.25, -0.2) is 0 Å². The second-order valence-electron chi connectivity index (χ2n) is 7.51. The number of hydrogen-bond donors (Lipinski definition) is 1. The predicted octanol–water partition coefficient (Wildman–Crippen LogP) is 3.53. The van der Waals surface area contributed by atoms with Gasteiger partial charge < -0.3 is 24.1 Å². The van der Waals surface area contributed by atoms with Crippen molar-refractivity contribution < 1.29 is 13.9 Å². The summed E-state index contributed by atoms with van der Waals surface area (Å²) in [5.74, 6) is 1.48. The smallest absolute Gasteiger partial charge is 0.200 e. The van der Waals surface area contributed by atoms with Gasteiger partial charge in [-0.15, -0.1) is 0 Å². The Morgan fingerprint density at radius 3 is 2.57 bits per heavy atom. The SMILES string of the molecule is COc1ccc(-c2coc3cc(OCCCCN4CCNCC4)ccc3c2=O)cc1. The van der Waals surface area contributed by atoms with E-state index in [1.54, 1.807) is 19.2 Å². The summed E-state index contributed by atoms with van der Waals surface area (Å²) in [6.45, 7) is 6.20. The van der Waals surface area contributed by atoms with Crippen molar-refractivity contribution in [3.63, 3.8) is 0 Å². The number of unbranched alkanes of at least 4 members (excludes halogenated alkanes) is 1. The Morgan fingerprint density at radius 2 is 1.80 bits per heavy atom. The molecule has 2 heterocycles. The van der Waals surface area contributed by atoms with E-state index in [-0.39, 0.29) is 5.43 Å². The van der Waals surface area contributed by atoms with Crippen LogP contribution in [0.3, 0.4) is 0 Å². The zero-order valence-electron chi connectivity index (χ0n) is 17.4. The number of nitrogens with one attached hydrogen (secondary N) is 1. The molecule has 0 unspecified atom stereocenters. The zero-order valence-corrected chi connectivity index (χ0v) is 17.4. The van der Waals surface area contributed by atoms with E-state index < -0.39 is 0 Å². The lowest BCUT2D eigenvalue weighted by Gasteiger charge is -2.26. The molecule has 1 saturated heterocycles. The highest BCUT2D eigenvalue weighted by Gasteiger charge is 2.11. The Balaban J connectivity index is 1.37. The van der Waals surface area contributed by atoms with Crippen molar-refractivity contribution in [3.8, 4) is 22.6 Å². The highest BCUT2D eigenvalue weighted by atomic mass is 16.5. The van der Waals surface area contributed by atoms with E-state index in [9.17, 15) is 4.79 Å². The maximum Gasteiger partial charge on any atom is 0.200 e. The predicted molar refractivity (Wildman–Crippen MR) is 119 cm³/mol. The second kappa shape index (κ2) is 9.78. The van der Waals surface area contributed by atoms with Crippen molar-refractivity contribution in [1.29, 1.82) is 0 Å².